The van der Waals surface area contributed by atoms with Gasteiger partial charge in [-0.2, -0.15) is 0 Å². The zero-order valence-corrected chi connectivity index (χ0v) is 16.3. The predicted octanol–water partition coefficient (Wildman–Crippen LogP) is 0.765. The van der Waals surface area contributed by atoms with Crippen LogP contribution < -0.4 is 16.5 Å². The largest absolute Gasteiger partial charge is 0.465 e. The first-order valence-electron chi connectivity index (χ1n) is 8.76. The second-order valence-electron chi connectivity index (χ2n) is 6.70. The molecule has 0 saturated carbocycles. The number of hydrazine groups is 1. The number of hydrogen-bond acceptors (Lipinski definition) is 6. The van der Waals surface area contributed by atoms with Crippen molar-refractivity contribution in [2.75, 3.05) is 6.54 Å². The van der Waals surface area contributed by atoms with E-state index in [1.165, 1.54) is 0 Å². The summed E-state index contributed by atoms with van der Waals surface area (Å²) in [6, 6.07) is 1.00. The molecule has 1 unspecified atom stereocenters. The van der Waals surface area contributed by atoms with E-state index < -0.39 is 64.8 Å². The Morgan fingerprint density at radius 3 is 2.43 bits per heavy atom. The molecule has 13 heteroatoms. The van der Waals surface area contributed by atoms with Gasteiger partial charge in [0.2, 0.25) is 5.91 Å². The van der Waals surface area contributed by atoms with Crippen LogP contribution in [-0.4, -0.2) is 51.4 Å². The van der Waals surface area contributed by atoms with E-state index in [1.54, 1.807) is 13.8 Å². The number of carboxylic acid groups (broad SMARTS) is 1. The van der Waals surface area contributed by atoms with E-state index in [9.17, 15) is 33.7 Å². The lowest BCUT2D eigenvalue weighted by Gasteiger charge is -2.26. The van der Waals surface area contributed by atoms with Crippen LogP contribution in [0.25, 0.3) is 0 Å². The monoisotopic (exact) mass is 427 g/mol. The normalized spacial score (nSPS) is 11.5. The summed E-state index contributed by atoms with van der Waals surface area (Å²) < 4.78 is 14.1. The zero-order chi connectivity index (χ0) is 23.0. The Hall–Kier alpha value is -3.77. The minimum absolute atomic E-state index is 0.0845. The summed E-state index contributed by atoms with van der Waals surface area (Å²) in [5.74, 6) is -4.13. The van der Waals surface area contributed by atoms with Crippen molar-refractivity contribution in [3.63, 3.8) is 0 Å². The number of carbonyl (C=O) groups excluding carboxylic acids is 3. The molecule has 1 atom stereocenters. The second-order valence-corrected chi connectivity index (χ2v) is 6.70. The van der Waals surface area contributed by atoms with Crippen LogP contribution in [-0.2, 0) is 9.59 Å². The molecular formula is C17H22FN5O7. The van der Waals surface area contributed by atoms with E-state index in [1.807, 2.05) is 5.32 Å². The third kappa shape index (κ3) is 7.33. The molecule has 0 radical (unpaired) electrons. The highest BCUT2D eigenvalue weighted by Gasteiger charge is 2.28. The number of benzene rings is 1. The Morgan fingerprint density at radius 1 is 1.30 bits per heavy atom. The van der Waals surface area contributed by atoms with Gasteiger partial charge in [-0.25, -0.2) is 14.2 Å². The fourth-order valence-corrected chi connectivity index (χ4v) is 2.43. The van der Waals surface area contributed by atoms with Crippen molar-refractivity contribution < 1.29 is 33.6 Å². The molecule has 0 aliphatic carbocycles. The van der Waals surface area contributed by atoms with Crippen LogP contribution >= 0.6 is 0 Å². The van der Waals surface area contributed by atoms with Gasteiger partial charge in [0.15, 0.2) is 0 Å². The van der Waals surface area contributed by atoms with Crippen LogP contribution in [0.15, 0.2) is 18.2 Å². The van der Waals surface area contributed by atoms with Gasteiger partial charge in [0, 0.05) is 18.6 Å². The summed E-state index contributed by atoms with van der Waals surface area (Å²) in [4.78, 5) is 57.4. The molecule has 0 heterocycles. The molecule has 164 valence electrons. The Bertz CT molecular complexity index is 846. The molecular weight excluding hydrogens is 405 g/mol. The molecule has 1 aromatic rings. The molecule has 0 bridgehead atoms. The second kappa shape index (κ2) is 10.7. The first-order valence-corrected chi connectivity index (χ1v) is 8.76. The predicted molar refractivity (Wildman–Crippen MR) is 100 cm³/mol. The Kier molecular flexibility index (Phi) is 8.64. The van der Waals surface area contributed by atoms with Gasteiger partial charge in [-0.15, -0.1) is 0 Å². The maximum atomic E-state index is 14.1. The fraction of sp³-hybridized carbons (Fsp3) is 0.412. The van der Waals surface area contributed by atoms with Crippen LogP contribution in [0.1, 0.15) is 37.0 Å². The van der Waals surface area contributed by atoms with E-state index in [0.29, 0.717) is 17.1 Å². The number of rotatable bonds is 9. The van der Waals surface area contributed by atoms with Gasteiger partial charge in [0.05, 0.1) is 17.0 Å². The SMILES string of the molecule is CC(C)CC(NC(=O)O)C(=O)NN(CCC(N)=O)C(=O)c1cc([N+](=O)[O-])ccc1F. The number of halogens is 1. The molecule has 5 N–H and O–H groups in total. The average Bonchev–Trinajstić information content (AvgIpc) is 2.63. The van der Waals surface area contributed by atoms with Gasteiger partial charge in [-0.05, 0) is 18.4 Å². The molecule has 1 aromatic carbocycles. The Labute approximate surface area is 170 Å². The average molecular weight is 427 g/mol. The van der Waals surface area contributed by atoms with Gasteiger partial charge < -0.3 is 16.2 Å². The van der Waals surface area contributed by atoms with Gasteiger partial charge in [-0.3, -0.25) is 29.9 Å². The van der Waals surface area contributed by atoms with Gasteiger partial charge in [-0.1, -0.05) is 13.8 Å². The summed E-state index contributed by atoms with van der Waals surface area (Å²) >= 11 is 0. The summed E-state index contributed by atoms with van der Waals surface area (Å²) in [5.41, 5.74) is 5.90. The van der Waals surface area contributed by atoms with Crippen molar-refractivity contribution in [1.82, 2.24) is 15.8 Å². The number of nitro groups is 1. The molecule has 0 aliphatic heterocycles. The van der Waals surface area contributed by atoms with Crippen LogP contribution in [0.3, 0.4) is 0 Å². The third-order valence-corrected chi connectivity index (χ3v) is 3.78. The van der Waals surface area contributed by atoms with E-state index in [0.717, 1.165) is 6.07 Å². The molecule has 0 aliphatic rings. The van der Waals surface area contributed by atoms with Crippen molar-refractivity contribution in [1.29, 1.82) is 0 Å². The Morgan fingerprint density at radius 2 is 1.93 bits per heavy atom. The highest BCUT2D eigenvalue weighted by atomic mass is 19.1. The van der Waals surface area contributed by atoms with Crippen molar-refractivity contribution in [2.24, 2.45) is 11.7 Å². The quantitative estimate of drug-likeness (QED) is 0.331. The lowest BCUT2D eigenvalue weighted by molar-refractivity contribution is -0.384. The fourth-order valence-electron chi connectivity index (χ4n) is 2.43. The lowest BCUT2D eigenvalue weighted by Crippen LogP contribution is -2.55. The number of nitrogens with two attached hydrogens (primary N) is 1. The van der Waals surface area contributed by atoms with Crippen LogP contribution in [0.4, 0.5) is 14.9 Å². The minimum Gasteiger partial charge on any atom is -0.465 e. The smallest absolute Gasteiger partial charge is 0.405 e. The molecule has 4 amide bonds. The summed E-state index contributed by atoms with van der Waals surface area (Å²) in [7, 11) is 0. The van der Waals surface area contributed by atoms with E-state index in [2.05, 4.69) is 5.43 Å². The molecule has 30 heavy (non-hydrogen) atoms. The molecule has 0 saturated heterocycles. The lowest BCUT2D eigenvalue weighted by atomic mass is 10.0. The standard InChI is InChI=1S/C17H22FN5O7/c1-9(2)7-13(20-17(27)28)15(25)21-22(6-5-14(19)24)16(26)11-8-10(23(29)30)3-4-12(11)18/h3-4,8-9,13,20H,5-7H2,1-2H3,(H2,19,24)(H,21,25)(H,27,28). The van der Waals surface area contributed by atoms with Crippen LogP contribution in [0.2, 0.25) is 0 Å². The van der Waals surface area contributed by atoms with Crippen LogP contribution in [0.5, 0.6) is 0 Å². The first-order chi connectivity index (χ1) is 13.9. The van der Waals surface area contributed by atoms with Gasteiger partial charge in [0.25, 0.3) is 17.5 Å². The van der Waals surface area contributed by atoms with Gasteiger partial charge in [0.1, 0.15) is 11.9 Å². The van der Waals surface area contributed by atoms with Gasteiger partial charge >= 0.3 is 6.09 Å². The molecule has 0 aromatic heterocycles. The number of amides is 4. The number of nitro benzene ring substituents is 1. The number of carbonyl (C=O) groups is 4. The third-order valence-electron chi connectivity index (χ3n) is 3.78. The summed E-state index contributed by atoms with van der Waals surface area (Å²) in [6.07, 6.45) is -1.80. The van der Waals surface area contributed by atoms with Crippen molar-refractivity contribution in [2.45, 2.75) is 32.7 Å². The first kappa shape index (κ1) is 24.3. The number of hydrogen-bond donors (Lipinski definition) is 4. The molecule has 1 rings (SSSR count). The van der Waals surface area contributed by atoms with Crippen molar-refractivity contribution in [3.8, 4) is 0 Å². The van der Waals surface area contributed by atoms with E-state index >= 15 is 0 Å². The van der Waals surface area contributed by atoms with E-state index in [4.69, 9.17) is 10.8 Å². The Balaban J connectivity index is 3.19. The maximum absolute atomic E-state index is 14.1. The van der Waals surface area contributed by atoms with Crippen LogP contribution in [0, 0.1) is 21.8 Å². The topological polar surface area (TPSA) is 185 Å². The minimum atomic E-state index is -1.48. The number of non-ortho nitro benzene ring substituents is 1. The number of nitrogens with one attached hydrogen (secondary N) is 2. The molecule has 0 fully saturated rings. The summed E-state index contributed by atoms with van der Waals surface area (Å²) in [6.45, 7) is 3.00. The molecule has 0 spiro atoms. The summed E-state index contributed by atoms with van der Waals surface area (Å²) in [5, 5.41) is 22.4. The molecule has 12 nitrogen and oxygen atoms in total. The zero-order valence-electron chi connectivity index (χ0n) is 16.3. The highest BCUT2D eigenvalue weighted by molar-refractivity contribution is 5.97. The number of primary amides is 1. The van der Waals surface area contributed by atoms with E-state index in [-0.39, 0.29) is 12.3 Å². The number of nitrogens with zero attached hydrogens (tertiary/aromatic N) is 2. The van der Waals surface area contributed by atoms with Crippen molar-refractivity contribution >= 4 is 29.5 Å². The highest BCUT2D eigenvalue weighted by Crippen LogP contribution is 2.18. The maximum Gasteiger partial charge on any atom is 0.405 e. The van der Waals surface area contributed by atoms with Crippen molar-refractivity contribution in [3.05, 3.63) is 39.7 Å².